The van der Waals surface area contributed by atoms with E-state index >= 15 is 0 Å². The summed E-state index contributed by atoms with van der Waals surface area (Å²) in [5, 5.41) is 29.2. The Bertz CT molecular complexity index is 627. The van der Waals surface area contributed by atoms with Gasteiger partial charge in [-0.15, -0.1) is 0 Å². The number of anilines is 1. The van der Waals surface area contributed by atoms with Crippen LogP contribution in [0.25, 0.3) is 0 Å². The molecule has 20 heavy (non-hydrogen) atoms. The minimum absolute atomic E-state index is 0.0491. The average Bonchev–Trinajstić information content (AvgIpc) is 2.45. The van der Waals surface area contributed by atoms with Crippen LogP contribution in [0, 0.1) is 38.7 Å². The second kappa shape index (κ2) is 5.58. The first kappa shape index (κ1) is 13.8. The molecule has 1 fully saturated rings. The van der Waals surface area contributed by atoms with Crippen LogP contribution in [0.15, 0.2) is 12.1 Å². The average molecular weight is 270 g/mol. The van der Waals surface area contributed by atoms with Gasteiger partial charge in [0.25, 0.3) is 5.69 Å². The van der Waals surface area contributed by atoms with E-state index in [4.69, 9.17) is 10.5 Å². The SMILES string of the molecule is C[C@H]1CCCN(c2cc(C#N)c(C#N)cc2[N+](=O)[O-])C1. The Morgan fingerprint density at radius 2 is 2.00 bits per heavy atom. The van der Waals surface area contributed by atoms with E-state index in [9.17, 15) is 10.1 Å². The Kier molecular flexibility index (Phi) is 3.86. The lowest BCUT2D eigenvalue weighted by Crippen LogP contribution is -2.34. The zero-order valence-electron chi connectivity index (χ0n) is 11.2. The van der Waals surface area contributed by atoms with Crippen molar-refractivity contribution in [3.63, 3.8) is 0 Å². The highest BCUT2D eigenvalue weighted by molar-refractivity contribution is 5.70. The molecular weight excluding hydrogens is 256 g/mol. The monoisotopic (exact) mass is 270 g/mol. The molecule has 0 spiro atoms. The fourth-order valence-corrected chi connectivity index (χ4v) is 2.57. The van der Waals surface area contributed by atoms with Crippen molar-refractivity contribution < 1.29 is 4.92 Å². The Balaban J connectivity index is 2.53. The van der Waals surface area contributed by atoms with Crippen molar-refractivity contribution >= 4 is 11.4 Å². The van der Waals surface area contributed by atoms with Crippen molar-refractivity contribution in [1.29, 1.82) is 10.5 Å². The summed E-state index contributed by atoms with van der Waals surface area (Å²) in [7, 11) is 0. The third-order valence-electron chi connectivity index (χ3n) is 3.55. The molecule has 0 aromatic heterocycles. The van der Waals surface area contributed by atoms with Gasteiger partial charge in [-0.25, -0.2) is 0 Å². The lowest BCUT2D eigenvalue weighted by molar-refractivity contribution is -0.384. The highest BCUT2D eigenvalue weighted by atomic mass is 16.6. The van der Waals surface area contributed by atoms with E-state index in [1.54, 1.807) is 0 Å². The van der Waals surface area contributed by atoms with Gasteiger partial charge in [0.1, 0.15) is 17.8 Å². The van der Waals surface area contributed by atoms with Crippen molar-refractivity contribution in [2.75, 3.05) is 18.0 Å². The summed E-state index contributed by atoms with van der Waals surface area (Å²) < 4.78 is 0. The second-order valence-electron chi connectivity index (χ2n) is 5.06. The maximum Gasteiger partial charge on any atom is 0.293 e. The van der Waals surface area contributed by atoms with Crippen LogP contribution in [0.3, 0.4) is 0 Å². The van der Waals surface area contributed by atoms with E-state index in [1.807, 2.05) is 17.0 Å². The smallest absolute Gasteiger partial charge is 0.293 e. The van der Waals surface area contributed by atoms with E-state index in [0.29, 0.717) is 11.6 Å². The van der Waals surface area contributed by atoms with Crippen LogP contribution in [0.5, 0.6) is 0 Å². The fourth-order valence-electron chi connectivity index (χ4n) is 2.57. The van der Waals surface area contributed by atoms with E-state index in [2.05, 4.69) is 6.92 Å². The summed E-state index contributed by atoms with van der Waals surface area (Å²) in [6, 6.07) is 6.44. The molecule has 0 saturated carbocycles. The van der Waals surface area contributed by atoms with Crippen molar-refractivity contribution in [2.45, 2.75) is 19.8 Å². The Hall–Kier alpha value is -2.60. The predicted octanol–water partition coefficient (Wildman–Crippen LogP) is 2.57. The molecule has 1 aromatic carbocycles. The topological polar surface area (TPSA) is 94.0 Å². The zero-order chi connectivity index (χ0) is 14.7. The predicted molar refractivity (Wildman–Crippen MR) is 73.1 cm³/mol. The van der Waals surface area contributed by atoms with Crippen LogP contribution >= 0.6 is 0 Å². The normalized spacial score (nSPS) is 18.1. The van der Waals surface area contributed by atoms with Gasteiger partial charge in [-0.3, -0.25) is 10.1 Å². The molecule has 0 unspecified atom stereocenters. The fraction of sp³-hybridized carbons (Fsp3) is 0.429. The minimum atomic E-state index is -0.489. The van der Waals surface area contributed by atoms with Crippen molar-refractivity contribution in [2.24, 2.45) is 5.92 Å². The molecular formula is C14H14N4O2. The second-order valence-corrected chi connectivity index (χ2v) is 5.06. The summed E-state index contributed by atoms with van der Waals surface area (Å²) in [5.41, 5.74) is 0.575. The standard InChI is InChI=1S/C14H14N4O2/c1-10-3-2-4-17(9-10)13-5-11(7-15)12(8-16)6-14(13)18(19)20/h5-6,10H,2-4,9H2,1H3/t10-/m0/s1. The van der Waals surface area contributed by atoms with Crippen LogP contribution in [0.2, 0.25) is 0 Å². The molecule has 0 aliphatic carbocycles. The third kappa shape index (κ3) is 2.55. The number of piperidine rings is 1. The van der Waals surface area contributed by atoms with Crippen LogP contribution in [0.1, 0.15) is 30.9 Å². The maximum atomic E-state index is 11.2. The van der Waals surface area contributed by atoms with Crippen LogP contribution in [-0.2, 0) is 0 Å². The number of hydrogen-bond acceptors (Lipinski definition) is 5. The van der Waals surface area contributed by atoms with E-state index < -0.39 is 4.92 Å². The lowest BCUT2D eigenvalue weighted by Gasteiger charge is -2.32. The van der Waals surface area contributed by atoms with Gasteiger partial charge < -0.3 is 4.90 Å². The first-order chi connectivity index (χ1) is 9.56. The molecule has 0 radical (unpaired) electrons. The largest absolute Gasteiger partial charge is 0.366 e. The van der Waals surface area contributed by atoms with E-state index in [1.165, 1.54) is 12.1 Å². The number of hydrogen-bond donors (Lipinski definition) is 0. The molecule has 1 aliphatic heterocycles. The summed E-state index contributed by atoms with van der Waals surface area (Å²) in [6.45, 7) is 3.58. The minimum Gasteiger partial charge on any atom is -0.366 e. The molecule has 2 rings (SSSR count). The summed E-state index contributed by atoms with van der Waals surface area (Å²) in [4.78, 5) is 12.6. The van der Waals surface area contributed by atoms with E-state index in [-0.39, 0.29) is 16.8 Å². The highest BCUT2D eigenvalue weighted by Gasteiger charge is 2.25. The van der Waals surface area contributed by atoms with Crippen LogP contribution in [-0.4, -0.2) is 18.0 Å². The Labute approximate surface area is 117 Å². The zero-order valence-corrected chi connectivity index (χ0v) is 11.2. The first-order valence-electron chi connectivity index (χ1n) is 6.44. The highest BCUT2D eigenvalue weighted by Crippen LogP contribution is 2.33. The number of nitrogens with zero attached hydrogens (tertiary/aromatic N) is 4. The number of rotatable bonds is 2. The molecule has 1 atom stereocenters. The van der Waals surface area contributed by atoms with Gasteiger partial charge in [0.15, 0.2) is 0 Å². The summed E-state index contributed by atoms with van der Waals surface area (Å²) >= 11 is 0. The molecule has 1 saturated heterocycles. The third-order valence-corrected chi connectivity index (χ3v) is 3.55. The van der Waals surface area contributed by atoms with Gasteiger partial charge in [0.05, 0.1) is 16.1 Å². The lowest BCUT2D eigenvalue weighted by atomic mass is 9.98. The summed E-state index contributed by atoms with van der Waals surface area (Å²) in [5.74, 6) is 0.463. The molecule has 0 bridgehead atoms. The molecule has 0 N–H and O–H groups in total. The van der Waals surface area contributed by atoms with Gasteiger partial charge in [0, 0.05) is 19.2 Å². The van der Waals surface area contributed by atoms with Crippen molar-refractivity contribution in [1.82, 2.24) is 0 Å². The number of benzene rings is 1. The van der Waals surface area contributed by atoms with Crippen LogP contribution in [0.4, 0.5) is 11.4 Å². The van der Waals surface area contributed by atoms with Crippen molar-refractivity contribution in [3.05, 3.63) is 33.4 Å². The molecule has 6 nitrogen and oxygen atoms in total. The molecule has 1 aliphatic rings. The van der Waals surface area contributed by atoms with Gasteiger partial charge in [0.2, 0.25) is 0 Å². The molecule has 102 valence electrons. The number of nitro groups is 1. The Morgan fingerprint density at radius 3 is 2.55 bits per heavy atom. The van der Waals surface area contributed by atoms with Gasteiger partial charge in [-0.1, -0.05) is 6.92 Å². The Morgan fingerprint density at radius 1 is 1.35 bits per heavy atom. The number of nitro benzene ring substituents is 1. The first-order valence-corrected chi connectivity index (χ1v) is 6.44. The molecule has 1 heterocycles. The van der Waals surface area contributed by atoms with Gasteiger partial charge in [-0.05, 0) is 24.8 Å². The van der Waals surface area contributed by atoms with E-state index in [0.717, 1.165) is 25.9 Å². The summed E-state index contributed by atoms with van der Waals surface area (Å²) in [6.07, 6.45) is 2.08. The number of nitriles is 2. The van der Waals surface area contributed by atoms with Gasteiger partial charge >= 0.3 is 0 Å². The van der Waals surface area contributed by atoms with Crippen LogP contribution < -0.4 is 4.90 Å². The molecule has 6 heteroatoms. The quantitative estimate of drug-likeness (QED) is 0.608. The maximum absolute atomic E-state index is 11.2. The van der Waals surface area contributed by atoms with Gasteiger partial charge in [-0.2, -0.15) is 10.5 Å². The molecule has 0 amide bonds. The molecule has 1 aromatic rings. The van der Waals surface area contributed by atoms with Crippen molar-refractivity contribution in [3.8, 4) is 12.1 Å².